The van der Waals surface area contributed by atoms with E-state index >= 15 is 0 Å². The molecule has 32 heavy (non-hydrogen) atoms. The molecular formula is C23H19ClN4O2S2. The highest BCUT2D eigenvalue weighted by Gasteiger charge is 2.15. The summed E-state index contributed by atoms with van der Waals surface area (Å²) >= 11 is 9.41. The molecule has 0 fully saturated rings. The third-order valence-corrected chi connectivity index (χ3v) is 6.68. The summed E-state index contributed by atoms with van der Waals surface area (Å²) in [5.74, 6) is 1.35. The maximum Gasteiger partial charge on any atom is 0.188 e. The monoisotopic (exact) mass is 482 g/mol. The smallest absolute Gasteiger partial charge is 0.188 e. The van der Waals surface area contributed by atoms with Crippen LogP contribution in [0.5, 0.6) is 11.5 Å². The Labute approximate surface area is 199 Å². The first kappa shape index (κ1) is 22.3. The molecule has 6 nitrogen and oxygen atoms in total. The second-order valence-electron chi connectivity index (χ2n) is 6.86. The van der Waals surface area contributed by atoms with Crippen LogP contribution in [-0.4, -0.2) is 21.2 Å². The van der Waals surface area contributed by atoms with Crippen molar-refractivity contribution in [1.29, 1.82) is 0 Å². The van der Waals surface area contributed by atoms with Crippen LogP contribution < -0.4 is 10.1 Å². The van der Waals surface area contributed by atoms with E-state index < -0.39 is 0 Å². The minimum absolute atomic E-state index is 0.119. The number of thiazole rings is 1. The molecule has 0 radical (unpaired) electrons. The van der Waals surface area contributed by atoms with Crippen LogP contribution in [-0.2, 0) is 0 Å². The Morgan fingerprint density at radius 1 is 1.19 bits per heavy atom. The first-order valence-electron chi connectivity index (χ1n) is 9.71. The number of pyridine rings is 2. The van der Waals surface area contributed by atoms with Crippen molar-refractivity contribution in [2.24, 2.45) is 0 Å². The number of nitrogens with zero attached hydrogens (tertiary/aromatic N) is 3. The summed E-state index contributed by atoms with van der Waals surface area (Å²) in [5.41, 5.74) is 2.36. The number of aryl methyl sites for hydroxylation is 1. The van der Waals surface area contributed by atoms with Gasteiger partial charge in [-0.2, -0.15) is 0 Å². The lowest BCUT2D eigenvalue weighted by molar-refractivity contribution is 0.112. The van der Waals surface area contributed by atoms with Gasteiger partial charge in [-0.1, -0.05) is 17.7 Å². The molecule has 0 aliphatic heterocycles. The van der Waals surface area contributed by atoms with Crippen molar-refractivity contribution in [2.45, 2.75) is 24.0 Å². The van der Waals surface area contributed by atoms with Crippen molar-refractivity contribution in [1.82, 2.24) is 15.0 Å². The van der Waals surface area contributed by atoms with Gasteiger partial charge in [0, 0.05) is 33.5 Å². The number of aldehydes is 1. The van der Waals surface area contributed by atoms with E-state index in [2.05, 4.69) is 27.2 Å². The molecule has 3 aromatic heterocycles. The molecule has 0 saturated heterocycles. The standard InChI is InChI=1S/C23H19ClN4O2S2/c1-14-13-31-23(27-14)28-22-21(30-20-9-16(12-29)6-7-18(20)24)10-17(11-26-22)32-15(2)19-5-3-4-8-25-19/h3-13,15H,1-2H3,(H,26,27,28). The number of thioether (sulfide) groups is 1. The molecule has 162 valence electrons. The minimum atomic E-state index is 0.119. The second kappa shape index (κ2) is 10.1. The Balaban J connectivity index is 1.66. The zero-order chi connectivity index (χ0) is 22.5. The number of benzene rings is 1. The van der Waals surface area contributed by atoms with Crippen LogP contribution in [0.4, 0.5) is 10.9 Å². The molecule has 0 aliphatic rings. The lowest BCUT2D eigenvalue weighted by atomic mass is 10.2. The summed E-state index contributed by atoms with van der Waals surface area (Å²) in [5, 5.41) is 6.38. The molecule has 9 heteroatoms. The first-order chi connectivity index (χ1) is 15.5. The number of ether oxygens (including phenoxy) is 1. The summed E-state index contributed by atoms with van der Waals surface area (Å²) in [7, 11) is 0. The van der Waals surface area contributed by atoms with E-state index in [4.69, 9.17) is 16.3 Å². The van der Waals surface area contributed by atoms with Gasteiger partial charge in [0.2, 0.25) is 0 Å². The molecule has 0 aliphatic carbocycles. The normalized spacial score (nSPS) is 11.7. The Kier molecular flexibility index (Phi) is 7.04. The van der Waals surface area contributed by atoms with Crippen LogP contribution in [0.2, 0.25) is 5.02 Å². The van der Waals surface area contributed by atoms with Crippen LogP contribution in [0.25, 0.3) is 0 Å². The molecule has 1 N–H and O–H groups in total. The molecule has 0 saturated carbocycles. The fraction of sp³-hybridized carbons (Fsp3) is 0.130. The molecule has 4 aromatic rings. The largest absolute Gasteiger partial charge is 0.452 e. The van der Waals surface area contributed by atoms with Gasteiger partial charge in [-0.3, -0.25) is 9.78 Å². The van der Waals surface area contributed by atoms with Crippen LogP contribution >= 0.6 is 34.7 Å². The Hall–Kier alpha value is -2.94. The van der Waals surface area contributed by atoms with Gasteiger partial charge in [0.15, 0.2) is 16.7 Å². The van der Waals surface area contributed by atoms with Crippen LogP contribution in [0, 0.1) is 6.92 Å². The Morgan fingerprint density at radius 3 is 2.78 bits per heavy atom. The van der Waals surface area contributed by atoms with E-state index in [-0.39, 0.29) is 5.25 Å². The van der Waals surface area contributed by atoms with Gasteiger partial charge in [-0.15, -0.1) is 23.1 Å². The van der Waals surface area contributed by atoms with E-state index in [1.807, 2.05) is 36.6 Å². The van der Waals surface area contributed by atoms with Gasteiger partial charge < -0.3 is 10.1 Å². The van der Waals surface area contributed by atoms with Crippen LogP contribution in [0.15, 0.2) is 65.1 Å². The number of nitrogens with one attached hydrogen (secondary N) is 1. The van der Waals surface area contributed by atoms with Crippen molar-refractivity contribution >= 4 is 51.9 Å². The molecule has 0 spiro atoms. The van der Waals surface area contributed by atoms with Gasteiger partial charge in [-0.25, -0.2) is 9.97 Å². The molecule has 3 heterocycles. The molecule has 1 unspecified atom stereocenters. The number of carbonyl (C=O) groups is 1. The molecule has 4 rings (SSSR count). The van der Waals surface area contributed by atoms with E-state index in [1.165, 1.54) is 11.3 Å². The van der Waals surface area contributed by atoms with Gasteiger partial charge >= 0.3 is 0 Å². The average Bonchev–Trinajstić information content (AvgIpc) is 3.22. The highest BCUT2D eigenvalue weighted by atomic mass is 35.5. The first-order valence-corrected chi connectivity index (χ1v) is 11.8. The van der Waals surface area contributed by atoms with Crippen molar-refractivity contribution in [2.75, 3.05) is 5.32 Å². The van der Waals surface area contributed by atoms with Gasteiger partial charge in [0.05, 0.1) is 16.4 Å². The third-order valence-electron chi connectivity index (χ3n) is 4.40. The van der Waals surface area contributed by atoms with Gasteiger partial charge in [0.25, 0.3) is 0 Å². The number of hydrogen-bond donors (Lipinski definition) is 1. The number of aromatic nitrogens is 3. The number of anilines is 2. The maximum atomic E-state index is 11.2. The fourth-order valence-corrected chi connectivity index (χ4v) is 4.65. The second-order valence-corrected chi connectivity index (χ2v) is 9.54. The Bertz CT molecular complexity index is 1230. The van der Waals surface area contributed by atoms with E-state index in [9.17, 15) is 4.79 Å². The van der Waals surface area contributed by atoms with E-state index in [0.29, 0.717) is 33.0 Å². The van der Waals surface area contributed by atoms with Crippen molar-refractivity contribution in [3.8, 4) is 11.5 Å². The zero-order valence-corrected chi connectivity index (χ0v) is 19.7. The minimum Gasteiger partial charge on any atom is -0.452 e. The summed E-state index contributed by atoms with van der Waals surface area (Å²) in [6, 6.07) is 12.6. The van der Waals surface area contributed by atoms with Crippen molar-refractivity contribution in [3.05, 3.63) is 82.2 Å². The van der Waals surface area contributed by atoms with E-state index in [0.717, 1.165) is 22.6 Å². The molecule has 1 aromatic carbocycles. The Morgan fingerprint density at radius 2 is 2.06 bits per heavy atom. The topological polar surface area (TPSA) is 77.0 Å². The maximum absolute atomic E-state index is 11.2. The molecule has 0 amide bonds. The molecular weight excluding hydrogens is 464 g/mol. The SMILES string of the molecule is Cc1csc(Nc2ncc(SC(C)c3ccccn3)cc2Oc2cc(C=O)ccc2Cl)n1. The van der Waals surface area contributed by atoms with Crippen LogP contribution in [0.1, 0.15) is 33.9 Å². The lowest BCUT2D eigenvalue weighted by Gasteiger charge is -2.15. The highest BCUT2D eigenvalue weighted by molar-refractivity contribution is 7.99. The molecule has 0 bridgehead atoms. The number of halogens is 1. The summed E-state index contributed by atoms with van der Waals surface area (Å²) < 4.78 is 6.12. The number of rotatable bonds is 8. The third kappa shape index (κ3) is 5.45. The quantitative estimate of drug-likeness (QED) is 0.212. The lowest BCUT2D eigenvalue weighted by Crippen LogP contribution is -1.99. The van der Waals surface area contributed by atoms with Crippen molar-refractivity contribution in [3.63, 3.8) is 0 Å². The molecule has 1 atom stereocenters. The number of carbonyl (C=O) groups excluding carboxylic acids is 1. The van der Waals surface area contributed by atoms with Gasteiger partial charge in [0.1, 0.15) is 12.0 Å². The summed E-state index contributed by atoms with van der Waals surface area (Å²) in [4.78, 5) is 25.5. The zero-order valence-electron chi connectivity index (χ0n) is 17.3. The summed E-state index contributed by atoms with van der Waals surface area (Å²) in [6.07, 6.45) is 4.31. The summed E-state index contributed by atoms with van der Waals surface area (Å²) in [6.45, 7) is 4.01. The van der Waals surface area contributed by atoms with Crippen LogP contribution in [0.3, 0.4) is 0 Å². The predicted octanol–water partition coefficient (Wildman–Crippen LogP) is 7.10. The van der Waals surface area contributed by atoms with Gasteiger partial charge in [-0.05, 0) is 50.2 Å². The average molecular weight is 483 g/mol. The highest BCUT2D eigenvalue weighted by Crippen LogP contribution is 2.40. The number of hydrogen-bond acceptors (Lipinski definition) is 8. The predicted molar refractivity (Wildman–Crippen MR) is 130 cm³/mol. The van der Waals surface area contributed by atoms with Crippen molar-refractivity contribution < 1.29 is 9.53 Å². The fourth-order valence-electron chi connectivity index (χ4n) is 2.85. The van der Waals surface area contributed by atoms with E-state index in [1.54, 1.807) is 42.4 Å².